The number of aromatic carboxylic acids is 1. The summed E-state index contributed by atoms with van der Waals surface area (Å²) >= 11 is 0. The maximum absolute atomic E-state index is 11.5. The van der Waals surface area contributed by atoms with Gasteiger partial charge in [-0.15, -0.1) is 0 Å². The predicted molar refractivity (Wildman–Crippen MR) is 79.5 cm³/mol. The number of hydrogen-bond acceptors (Lipinski definition) is 4. The summed E-state index contributed by atoms with van der Waals surface area (Å²) in [6.45, 7) is 6.34. The minimum Gasteiger partial charge on any atom is -0.478 e. The fraction of sp³-hybridized carbons (Fsp3) is 0.429. The first-order chi connectivity index (χ1) is 9.40. The zero-order chi connectivity index (χ0) is 15.3. The minimum absolute atomic E-state index is 0.111. The second-order valence-corrected chi connectivity index (χ2v) is 4.60. The summed E-state index contributed by atoms with van der Waals surface area (Å²) in [6.07, 6.45) is 0.843. The number of rotatable bonds is 7. The summed E-state index contributed by atoms with van der Waals surface area (Å²) in [5.41, 5.74) is 6.61. The van der Waals surface area contributed by atoms with Crippen LogP contribution >= 0.6 is 0 Å². The van der Waals surface area contributed by atoms with Crippen LogP contribution in [0.2, 0.25) is 0 Å². The predicted octanol–water partition coefficient (Wildman–Crippen LogP) is 2.13. The molecule has 0 aliphatic carbocycles. The third-order valence-corrected chi connectivity index (χ3v) is 3.04. The number of nitrogens with two attached hydrogens (primary N) is 1. The number of hydrogen-bond donors (Lipinski definition) is 4. The van der Waals surface area contributed by atoms with Gasteiger partial charge >= 0.3 is 5.97 Å². The molecule has 0 bridgehead atoms. The molecule has 5 N–H and O–H groups in total. The summed E-state index contributed by atoms with van der Waals surface area (Å²) in [7, 11) is 0. The topological polar surface area (TPSA) is 104 Å². The maximum Gasteiger partial charge on any atom is 0.337 e. The van der Waals surface area contributed by atoms with Gasteiger partial charge in [0, 0.05) is 24.0 Å². The summed E-state index contributed by atoms with van der Waals surface area (Å²) in [5, 5.41) is 15.3. The largest absolute Gasteiger partial charge is 0.478 e. The van der Waals surface area contributed by atoms with Crippen LogP contribution in [0.5, 0.6) is 0 Å². The molecule has 1 aromatic rings. The van der Waals surface area contributed by atoms with Crippen LogP contribution in [0, 0.1) is 0 Å². The van der Waals surface area contributed by atoms with Crippen molar-refractivity contribution < 1.29 is 14.7 Å². The Labute approximate surface area is 118 Å². The number of anilines is 2. The zero-order valence-corrected chi connectivity index (χ0v) is 12.0. The molecule has 0 heterocycles. The molecule has 6 nitrogen and oxygen atoms in total. The molecule has 1 amide bonds. The van der Waals surface area contributed by atoms with Crippen molar-refractivity contribution in [3.05, 3.63) is 23.3 Å². The van der Waals surface area contributed by atoms with Crippen LogP contribution in [0.1, 0.15) is 47.9 Å². The smallest absolute Gasteiger partial charge is 0.337 e. The van der Waals surface area contributed by atoms with E-state index in [1.807, 2.05) is 20.8 Å². The number of carboxylic acids is 1. The number of amides is 1. The lowest BCUT2D eigenvalue weighted by Gasteiger charge is -2.18. The van der Waals surface area contributed by atoms with Crippen LogP contribution in [0.25, 0.3) is 0 Å². The second-order valence-electron chi connectivity index (χ2n) is 4.60. The van der Waals surface area contributed by atoms with Gasteiger partial charge in [-0.2, -0.15) is 0 Å². The number of nitrogens with one attached hydrogen (secondary N) is 2. The molecule has 1 unspecified atom stereocenters. The molecule has 1 aromatic carbocycles. The average Bonchev–Trinajstić information content (AvgIpc) is 2.39. The summed E-state index contributed by atoms with van der Waals surface area (Å²) < 4.78 is 0. The summed E-state index contributed by atoms with van der Waals surface area (Å²) in [5.74, 6) is -1.64. The van der Waals surface area contributed by atoms with Gasteiger partial charge in [0.1, 0.15) is 0 Å². The maximum atomic E-state index is 11.5. The lowest BCUT2D eigenvalue weighted by atomic mass is 10.0. The zero-order valence-electron chi connectivity index (χ0n) is 12.0. The van der Waals surface area contributed by atoms with Gasteiger partial charge in [0.05, 0.1) is 11.1 Å². The molecule has 110 valence electrons. The summed E-state index contributed by atoms with van der Waals surface area (Å²) in [4.78, 5) is 22.8. The third-order valence-electron chi connectivity index (χ3n) is 3.04. The monoisotopic (exact) mass is 279 g/mol. The van der Waals surface area contributed by atoms with E-state index in [4.69, 9.17) is 5.73 Å². The molecule has 1 atom stereocenters. The Hall–Kier alpha value is -2.24. The summed E-state index contributed by atoms with van der Waals surface area (Å²) in [6, 6.07) is 3.05. The molecule has 0 radical (unpaired) electrons. The molecule has 0 aliphatic heterocycles. The molecular formula is C14H21N3O3. The van der Waals surface area contributed by atoms with Crippen molar-refractivity contribution in [1.82, 2.24) is 0 Å². The molecule has 0 saturated carbocycles. The quantitative estimate of drug-likeness (QED) is 0.612. The van der Waals surface area contributed by atoms with Gasteiger partial charge in [0.2, 0.25) is 0 Å². The number of carbonyl (C=O) groups is 2. The van der Waals surface area contributed by atoms with Gasteiger partial charge in [-0.3, -0.25) is 4.79 Å². The molecule has 6 heteroatoms. The van der Waals surface area contributed by atoms with Crippen molar-refractivity contribution in [2.75, 3.05) is 17.2 Å². The second kappa shape index (κ2) is 6.79. The van der Waals surface area contributed by atoms with Crippen LogP contribution in [0.3, 0.4) is 0 Å². The SMILES string of the molecule is CCNc1cc(C(N)=O)c(NC(C)CC)cc1C(=O)O. The number of primary amides is 1. The van der Waals surface area contributed by atoms with Crippen LogP contribution in [-0.4, -0.2) is 29.6 Å². The molecule has 1 rings (SSSR count). The molecule has 0 aliphatic rings. The Morgan fingerprint density at radius 2 is 1.85 bits per heavy atom. The Balaban J connectivity index is 3.36. The van der Waals surface area contributed by atoms with Crippen LogP contribution < -0.4 is 16.4 Å². The van der Waals surface area contributed by atoms with E-state index in [9.17, 15) is 14.7 Å². The Bertz CT molecular complexity index is 515. The lowest BCUT2D eigenvalue weighted by molar-refractivity contribution is 0.0697. The lowest BCUT2D eigenvalue weighted by Crippen LogP contribution is -2.21. The van der Waals surface area contributed by atoms with E-state index in [2.05, 4.69) is 10.6 Å². The first-order valence-electron chi connectivity index (χ1n) is 6.62. The Morgan fingerprint density at radius 1 is 1.25 bits per heavy atom. The molecule has 0 aromatic heterocycles. The van der Waals surface area contributed by atoms with Crippen molar-refractivity contribution >= 4 is 23.3 Å². The first kappa shape index (κ1) is 15.8. The minimum atomic E-state index is -1.05. The van der Waals surface area contributed by atoms with Gasteiger partial charge in [-0.25, -0.2) is 4.79 Å². The van der Waals surface area contributed by atoms with Crippen LogP contribution in [0.15, 0.2) is 12.1 Å². The van der Waals surface area contributed by atoms with E-state index in [-0.39, 0.29) is 17.2 Å². The van der Waals surface area contributed by atoms with Crippen molar-refractivity contribution in [1.29, 1.82) is 0 Å². The van der Waals surface area contributed by atoms with Crippen molar-refractivity contribution in [3.63, 3.8) is 0 Å². The average molecular weight is 279 g/mol. The van der Waals surface area contributed by atoms with Gasteiger partial charge < -0.3 is 21.5 Å². The highest BCUT2D eigenvalue weighted by Gasteiger charge is 2.18. The van der Waals surface area contributed by atoms with Gasteiger partial charge in [0.15, 0.2) is 0 Å². The van der Waals surface area contributed by atoms with E-state index in [0.29, 0.717) is 17.9 Å². The Morgan fingerprint density at radius 3 is 2.30 bits per heavy atom. The molecule has 0 saturated heterocycles. The van der Waals surface area contributed by atoms with E-state index < -0.39 is 11.9 Å². The standard InChI is InChI=1S/C14H21N3O3/c1-4-8(3)17-12-7-10(14(19)20)11(16-5-2)6-9(12)13(15)18/h6-8,16-17H,4-5H2,1-3H3,(H2,15,18)(H,19,20). The number of carbonyl (C=O) groups excluding carboxylic acids is 1. The first-order valence-corrected chi connectivity index (χ1v) is 6.62. The normalized spacial score (nSPS) is 11.8. The van der Waals surface area contributed by atoms with E-state index >= 15 is 0 Å². The molecule has 0 fully saturated rings. The molecule has 20 heavy (non-hydrogen) atoms. The highest BCUT2D eigenvalue weighted by atomic mass is 16.4. The molecular weight excluding hydrogens is 258 g/mol. The van der Waals surface area contributed by atoms with E-state index in [1.54, 1.807) is 0 Å². The van der Waals surface area contributed by atoms with Gasteiger partial charge in [-0.05, 0) is 32.4 Å². The number of benzene rings is 1. The van der Waals surface area contributed by atoms with Crippen molar-refractivity contribution in [2.24, 2.45) is 5.73 Å². The fourth-order valence-electron chi connectivity index (χ4n) is 1.80. The van der Waals surface area contributed by atoms with E-state index in [1.165, 1.54) is 12.1 Å². The molecule has 0 spiro atoms. The van der Waals surface area contributed by atoms with Crippen LogP contribution in [-0.2, 0) is 0 Å². The van der Waals surface area contributed by atoms with Crippen molar-refractivity contribution in [3.8, 4) is 0 Å². The fourth-order valence-corrected chi connectivity index (χ4v) is 1.80. The van der Waals surface area contributed by atoms with Crippen LogP contribution in [0.4, 0.5) is 11.4 Å². The highest BCUT2D eigenvalue weighted by Crippen LogP contribution is 2.26. The van der Waals surface area contributed by atoms with Gasteiger partial charge in [0.25, 0.3) is 5.91 Å². The van der Waals surface area contributed by atoms with E-state index in [0.717, 1.165) is 6.42 Å². The number of carboxylic acid groups (broad SMARTS) is 1. The van der Waals surface area contributed by atoms with Crippen molar-refractivity contribution in [2.45, 2.75) is 33.2 Å². The Kier molecular flexibility index (Phi) is 5.37. The van der Waals surface area contributed by atoms with Gasteiger partial charge in [-0.1, -0.05) is 6.92 Å². The third kappa shape index (κ3) is 3.63. The highest BCUT2D eigenvalue weighted by molar-refractivity contribution is 6.04.